The number of carbonyl (C=O) groups is 2. The lowest BCUT2D eigenvalue weighted by molar-refractivity contribution is -0.117. The van der Waals surface area contributed by atoms with Crippen LogP contribution in [0.4, 0.5) is 11.4 Å². The van der Waals surface area contributed by atoms with Crippen molar-refractivity contribution >= 4 is 44.7 Å². The van der Waals surface area contributed by atoms with Crippen LogP contribution in [0.5, 0.6) is 0 Å². The second kappa shape index (κ2) is 8.39. The van der Waals surface area contributed by atoms with Gasteiger partial charge in [-0.15, -0.1) is 11.3 Å². The first kappa shape index (κ1) is 20.1. The second-order valence-corrected chi connectivity index (χ2v) is 8.48. The number of benzene rings is 2. The Hall–Kier alpha value is -3.78. The van der Waals surface area contributed by atoms with E-state index in [1.54, 1.807) is 23.1 Å². The number of nitrogens with one attached hydrogen (secondary N) is 1. The molecule has 0 spiro atoms. The maximum absolute atomic E-state index is 13.1. The van der Waals surface area contributed by atoms with Crippen LogP contribution in [0.25, 0.3) is 21.3 Å². The minimum atomic E-state index is -0.338. The lowest BCUT2D eigenvalue weighted by atomic mass is 10.1. The third kappa shape index (κ3) is 3.80. The number of thiophene rings is 1. The van der Waals surface area contributed by atoms with E-state index in [4.69, 9.17) is 0 Å². The molecule has 0 saturated carbocycles. The molecule has 32 heavy (non-hydrogen) atoms. The van der Waals surface area contributed by atoms with Gasteiger partial charge in [0.15, 0.2) is 0 Å². The van der Waals surface area contributed by atoms with Crippen molar-refractivity contribution in [2.75, 3.05) is 16.8 Å². The molecule has 0 bridgehead atoms. The number of anilines is 2. The molecule has 2 amide bonds. The molecule has 5 rings (SSSR count). The molecule has 8 heteroatoms. The predicted octanol–water partition coefficient (Wildman–Crippen LogP) is 3.89. The molecule has 2 aromatic carbocycles. The number of hydrogen-bond acceptors (Lipinski definition) is 5. The van der Waals surface area contributed by atoms with Crippen molar-refractivity contribution in [2.45, 2.75) is 19.4 Å². The van der Waals surface area contributed by atoms with E-state index < -0.39 is 0 Å². The van der Waals surface area contributed by atoms with Gasteiger partial charge in [0.2, 0.25) is 11.8 Å². The Kier molecular flexibility index (Phi) is 5.28. The first-order valence-electron chi connectivity index (χ1n) is 10.3. The zero-order valence-electron chi connectivity index (χ0n) is 17.2. The summed E-state index contributed by atoms with van der Waals surface area (Å²) in [5, 5.41) is 5.26. The van der Waals surface area contributed by atoms with Crippen molar-refractivity contribution in [3.63, 3.8) is 0 Å². The van der Waals surface area contributed by atoms with E-state index in [9.17, 15) is 14.4 Å². The lowest BCUT2D eigenvalue weighted by Gasteiger charge is -2.17. The largest absolute Gasteiger partial charge is 0.324 e. The smallest absolute Gasteiger partial charge is 0.263 e. The van der Waals surface area contributed by atoms with Gasteiger partial charge in [0.1, 0.15) is 11.4 Å². The second-order valence-electron chi connectivity index (χ2n) is 7.62. The third-order valence-corrected chi connectivity index (χ3v) is 6.36. The average molecular weight is 445 g/mol. The van der Waals surface area contributed by atoms with Gasteiger partial charge in [0.05, 0.1) is 11.7 Å². The quantitative estimate of drug-likeness (QED) is 0.506. The topological polar surface area (TPSA) is 84.3 Å². The molecule has 160 valence electrons. The normalized spacial score (nSPS) is 13.6. The minimum Gasteiger partial charge on any atom is -0.324 e. The summed E-state index contributed by atoms with van der Waals surface area (Å²) < 4.78 is 1.32. The molecule has 1 aliphatic heterocycles. The Bertz CT molecular complexity index is 1380. The van der Waals surface area contributed by atoms with Gasteiger partial charge in [-0.2, -0.15) is 0 Å². The number of rotatable bonds is 5. The van der Waals surface area contributed by atoms with Gasteiger partial charge in [-0.05, 0) is 30.2 Å². The van der Waals surface area contributed by atoms with Gasteiger partial charge in [-0.1, -0.05) is 36.4 Å². The molecular weight excluding hydrogens is 424 g/mol. The van der Waals surface area contributed by atoms with Crippen LogP contribution in [0, 0.1) is 0 Å². The van der Waals surface area contributed by atoms with Crippen molar-refractivity contribution in [1.29, 1.82) is 0 Å². The minimum absolute atomic E-state index is 0.0874. The summed E-state index contributed by atoms with van der Waals surface area (Å²) in [5.41, 5.74) is 2.85. The van der Waals surface area contributed by atoms with Crippen molar-refractivity contribution in [3.05, 3.63) is 76.7 Å². The number of nitrogens with zero attached hydrogens (tertiary/aromatic N) is 3. The molecule has 1 aliphatic rings. The fourth-order valence-electron chi connectivity index (χ4n) is 3.94. The predicted molar refractivity (Wildman–Crippen MR) is 126 cm³/mol. The van der Waals surface area contributed by atoms with Crippen LogP contribution < -0.4 is 15.8 Å². The van der Waals surface area contributed by atoms with E-state index in [2.05, 4.69) is 10.3 Å². The van der Waals surface area contributed by atoms with Gasteiger partial charge in [0, 0.05) is 35.3 Å². The summed E-state index contributed by atoms with van der Waals surface area (Å²) in [6.45, 7) is 0.528. The summed E-state index contributed by atoms with van der Waals surface area (Å²) in [6.07, 6.45) is 2.79. The molecule has 1 saturated heterocycles. The Morgan fingerprint density at radius 2 is 1.94 bits per heavy atom. The number of hydrogen-bond donors (Lipinski definition) is 1. The lowest BCUT2D eigenvalue weighted by Crippen LogP contribution is -2.28. The average Bonchev–Trinajstić information content (AvgIpc) is 3.43. The molecule has 2 aromatic heterocycles. The fraction of sp³-hybridized carbons (Fsp3) is 0.167. The van der Waals surface area contributed by atoms with E-state index in [-0.39, 0.29) is 23.9 Å². The third-order valence-electron chi connectivity index (χ3n) is 5.47. The summed E-state index contributed by atoms with van der Waals surface area (Å²) in [7, 11) is 0. The van der Waals surface area contributed by atoms with Crippen molar-refractivity contribution in [3.8, 4) is 11.1 Å². The van der Waals surface area contributed by atoms with Crippen LogP contribution in [0.15, 0.2) is 71.1 Å². The highest BCUT2D eigenvalue weighted by Crippen LogP contribution is 2.30. The van der Waals surface area contributed by atoms with E-state index in [0.29, 0.717) is 28.9 Å². The van der Waals surface area contributed by atoms with Gasteiger partial charge in [0.25, 0.3) is 5.56 Å². The standard InChI is InChI=1S/C24H20N4O3S/c29-20(26-17-8-4-9-18(12-17)28-11-5-10-21(28)30)13-27-15-25-23-22(24(27)31)19(14-32-23)16-6-2-1-3-7-16/h1-4,6-9,12,14-15H,5,10-11,13H2,(H,26,29). The summed E-state index contributed by atoms with van der Waals surface area (Å²) >= 11 is 1.41. The van der Waals surface area contributed by atoms with Crippen molar-refractivity contribution in [1.82, 2.24) is 9.55 Å². The highest BCUT2D eigenvalue weighted by atomic mass is 32.1. The highest BCUT2D eigenvalue weighted by molar-refractivity contribution is 7.17. The van der Waals surface area contributed by atoms with Gasteiger partial charge < -0.3 is 10.2 Å². The summed E-state index contributed by atoms with van der Waals surface area (Å²) in [4.78, 5) is 44.6. The zero-order valence-corrected chi connectivity index (χ0v) is 18.0. The molecule has 0 atom stereocenters. The molecule has 1 N–H and O–H groups in total. The number of carbonyl (C=O) groups excluding carboxylic acids is 2. The van der Waals surface area contributed by atoms with Crippen LogP contribution in [-0.2, 0) is 16.1 Å². The number of amides is 2. The van der Waals surface area contributed by atoms with E-state index in [0.717, 1.165) is 23.2 Å². The van der Waals surface area contributed by atoms with Crippen LogP contribution in [0.2, 0.25) is 0 Å². The van der Waals surface area contributed by atoms with Gasteiger partial charge >= 0.3 is 0 Å². The Morgan fingerprint density at radius 3 is 2.72 bits per heavy atom. The number of fused-ring (bicyclic) bond motifs is 1. The van der Waals surface area contributed by atoms with Gasteiger partial charge in [-0.3, -0.25) is 19.0 Å². The summed E-state index contributed by atoms with van der Waals surface area (Å²) in [6, 6.07) is 16.8. The van der Waals surface area contributed by atoms with E-state index in [1.807, 2.05) is 41.8 Å². The Balaban J connectivity index is 1.38. The van der Waals surface area contributed by atoms with Gasteiger partial charge in [-0.25, -0.2) is 4.98 Å². The Labute approximate surface area is 187 Å². The molecular formula is C24H20N4O3S. The fourth-order valence-corrected chi connectivity index (χ4v) is 4.84. The monoisotopic (exact) mass is 444 g/mol. The van der Waals surface area contributed by atoms with Crippen LogP contribution in [0.1, 0.15) is 12.8 Å². The first-order chi connectivity index (χ1) is 15.6. The van der Waals surface area contributed by atoms with Crippen LogP contribution >= 0.6 is 11.3 Å². The van der Waals surface area contributed by atoms with Crippen LogP contribution in [-0.4, -0.2) is 27.9 Å². The molecule has 0 aliphatic carbocycles. The van der Waals surface area contributed by atoms with E-state index in [1.165, 1.54) is 22.2 Å². The van der Waals surface area contributed by atoms with Crippen molar-refractivity contribution in [2.24, 2.45) is 0 Å². The molecule has 7 nitrogen and oxygen atoms in total. The summed E-state index contributed by atoms with van der Waals surface area (Å²) in [5.74, 6) is -0.251. The van der Waals surface area contributed by atoms with Crippen LogP contribution in [0.3, 0.4) is 0 Å². The SMILES string of the molecule is O=C(Cn1cnc2scc(-c3ccccc3)c2c1=O)Nc1cccc(N2CCCC2=O)c1. The zero-order chi connectivity index (χ0) is 22.1. The molecule has 1 fully saturated rings. The van der Waals surface area contributed by atoms with E-state index >= 15 is 0 Å². The number of aromatic nitrogens is 2. The maximum atomic E-state index is 13.1. The Morgan fingerprint density at radius 1 is 1.09 bits per heavy atom. The van der Waals surface area contributed by atoms with Crippen molar-refractivity contribution < 1.29 is 9.59 Å². The molecule has 4 aromatic rings. The highest BCUT2D eigenvalue weighted by Gasteiger charge is 2.22. The molecule has 0 radical (unpaired) electrons. The first-order valence-corrected chi connectivity index (χ1v) is 11.2. The molecule has 0 unspecified atom stereocenters. The maximum Gasteiger partial charge on any atom is 0.263 e. The molecule has 3 heterocycles.